The quantitative estimate of drug-likeness (QED) is 0.839. The first-order chi connectivity index (χ1) is 12.8. The molecule has 0 spiro atoms. The molecule has 0 saturated carbocycles. The van der Waals surface area contributed by atoms with Crippen molar-refractivity contribution in [1.82, 2.24) is 10.2 Å². The summed E-state index contributed by atoms with van der Waals surface area (Å²) < 4.78 is 41.0. The second kappa shape index (κ2) is 7.66. The number of benzene rings is 2. The van der Waals surface area contributed by atoms with Gasteiger partial charge in [-0.1, -0.05) is 6.07 Å². The molecule has 8 heteroatoms. The summed E-state index contributed by atoms with van der Waals surface area (Å²) in [5.41, 5.74) is 1.10. The number of carbonyl (C=O) groups is 1. The molecule has 27 heavy (non-hydrogen) atoms. The maximum atomic E-state index is 13.0. The van der Waals surface area contributed by atoms with Gasteiger partial charge in [0.15, 0.2) is 0 Å². The van der Waals surface area contributed by atoms with Gasteiger partial charge >= 0.3 is 0 Å². The van der Waals surface area contributed by atoms with Crippen LogP contribution >= 0.6 is 0 Å². The van der Waals surface area contributed by atoms with Crippen molar-refractivity contribution in [3.63, 3.8) is 0 Å². The maximum Gasteiger partial charge on any atom is 0.262 e. The third-order valence-electron chi connectivity index (χ3n) is 4.58. The van der Waals surface area contributed by atoms with Crippen molar-refractivity contribution in [1.29, 1.82) is 0 Å². The number of piperazine rings is 1. The fourth-order valence-electron chi connectivity index (χ4n) is 3.06. The summed E-state index contributed by atoms with van der Waals surface area (Å²) in [6.45, 7) is 5.60. The van der Waals surface area contributed by atoms with Crippen molar-refractivity contribution in [2.75, 3.05) is 24.4 Å². The molecule has 2 aromatic rings. The van der Waals surface area contributed by atoms with Crippen LogP contribution in [0.1, 0.15) is 22.8 Å². The molecule has 1 heterocycles. The Morgan fingerprint density at radius 1 is 1.22 bits per heavy atom. The molecule has 1 atom stereocenters. The average molecular weight is 391 g/mol. The number of rotatable bonds is 4. The van der Waals surface area contributed by atoms with E-state index in [4.69, 9.17) is 0 Å². The first-order valence-corrected chi connectivity index (χ1v) is 10.2. The van der Waals surface area contributed by atoms with Gasteiger partial charge in [-0.15, -0.1) is 0 Å². The van der Waals surface area contributed by atoms with Crippen LogP contribution in [0.3, 0.4) is 0 Å². The second-order valence-corrected chi connectivity index (χ2v) is 8.30. The highest BCUT2D eigenvalue weighted by atomic mass is 32.2. The van der Waals surface area contributed by atoms with Crippen molar-refractivity contribution in [2.24, 2.45) is 0 Å². The Bertz CT molecular complexity index is 945. The van der Waals surface area contributed by atoms with E-state index in [-0.39, 0.29) is 22.5 Å². The summed E-state index contributed by atoms with van der Waals surface area (Å²) in [5.74, 6) is -0.644. The molecule has 2 N–H and O–H groups in total. The van der Waals surface area contributed by atoms with E-state index >= 15 is 0 Å². The number of hydrogen-bond donors (Lipinski definition) is 2. The Balaban J connectivity index is 1.90. The highest BCUT2D eigenvalue weighted by Gasteiger charge is 2.26. The largest absolute Gasteiger partial charge is 0.333 e. The first kappa shape index (κ1) is 19.3. The summed E-state index contributed by atoms with van der Waals surface area (Å²) in [5, 5.41) is 3.22. The lowest BCUT2D eigenvalue weighted by molar-refractivity contribution is 0.0655. The van der Waals surface area contributed by atoms with Crippen LogP contribution < -0.4 is 10.0 Å². The van der Waals surface area contributed by atoms with E-state index in [2.05, 4.69) is 10.0 Å². The van der Waals surface area contributed by atoms with Gasteiger partial charge in [0.25, 0.3) is 15.9 Å². The van der Waals surface area contributed by atoms with Crippen LogP contribution in [0.4, 0.5) is 10.1 Å². The minimum atomic E-state index is -3.91. The molecule has 3 rings (SSSR count). The molecule has 144 valence electrons. The molecule has 2 aromatic carbocycles. The molecule has 1 saturated heterocycles. The van der Waals surface area contributed by atoms with Gasteiger partial charge in [0.2, 0.25) is 0 Å². The van der Waals surface area contributed by atoms with Crippen LogP contribution in [0.25, 0.3) is 0 Å². The zero-order valence-corrected chi connectivity index (χ0v) is 16.0. The molecular weight excluding hydrogens is 369 g/mol. The standard InChI is InChI=1S/C19H22FN3O3S/c1-13-3-4-15(19(24)23-10-9-21-12-14(23)2)11-18(13)27(25,26)22-17-7-5-16(20)6-8-17/h3-8,11,14,21-22H,9-10,12H2,1-2H3/t14-/m0/s1. The Kier molecular flexibility index (Phi) is 5.48. The minimum absolute atomic E-state index is 0.0282. The van der Waals surface area contributed by atoms with E-state index in [0.717, 1.165) is 0 Å². The Hall–Kier alpha value is -2.45. The molecule has 1 aliphatic heterocycles. The summed E-state index contributed by atoms with van der Waals surface area (Å²) in [4.78, 5) is 14.6. The lowest BCUT2D eigenvalue weighted by Gasteiger charge is -2.34. The van der Waals surface area contributed by atoms with Gasteiger partial charge in [-0.05, 0) is 55.8 Å². The van der Waals surface area contributed by atoms with Gasteiger partial charge in [0.05, 0.1) is 4.90 Å². The third-order valence-corrected chi connectivity index (χ3v) is 6.11. The van der Waals surface area contributed by atoms with Crippen molar-refractivity contribution < 1.29 is 17.6 Å². The van der Waals surface area contributed by atoms with E-state index in [9.17, 15) is 17.6 Å². The van der Waals surface area contributed by atoms with E-state index < -0.39 is 15.8 Å². The zero-order chi connectivity index (χ0) is 19.6. The average Bonchev–Trinajstić information content (AvgIpc) is 2.63. The van der Waals surface area contributed by atoms with Gasteiger partial charge in [0, 0.05) is 36.9 Å². The van der Waals surface area contributed by atoms with Crippen molar-refractivity contribution in [3.8, 4) is 0 Å². The monoisotopic (exact) mass is 391 g/mol. The van der Waals surface area contributed by atoms with E-state index in [1.807, 2.05) is 6.92 Å². The molecular formula is C19H22FN3O3S. The number of anilines is 1. The fraction of sp³-hybridized carbons (Fsp3) is 0.316. The van der Waals surface area contributed by atoms with Gasteiger partial charge in [-0.3, -0.25) is 9.52 Å². The van der Waals surface area contributed by atoms with Crippen LogP contribution in [-0.4, -0.2) is 44.9 Å². The summed E-state index contributed by atoms with van der Waals surface area (Å²) in [6.07, 6.45) is 0. The highest BCUT2D eigenvalue weighted by molar-refractivity contribution is 7.92. The van der Waals surface area contributed by atoms with Gasteiger partial charge < -0.3 is 10.2 Å². The molecule has 1 amide bonds. The highest BCUT2D eigenvalue weighted by Crippen LogP contribution is 2.22. The normalized spacial score (nSPS) is 17.6. The fourth-order valence-corrected chi connectivity index (χ4v) is 4.39. The number of carbonyl (C=O) groups excluding carboxylic acids is 1. The van der Waals surface area contributed by atoms with Gasteiger partial charge in [0.1, 0.15) is 5.82 Å². The topological polar surface area (TPSA) is 78.5 Å². The molecule has 0 radical (unpaired) electrons. The smallest absolute Gasteiger partial charge is 0.262 e. The first-order valence-electron chi connectivity index (χ1n) is 8.68. The molecule has 0 bridgehead atoms. The number of aryl methyl sites for hydroxylation is 1. The number of hydrogen-bond acceptors (Lipinski definition) is 4. The predicted molar refractivity (Wildman–Crippen MR) is 102 cm³/mol. The lowest BCUT2D eigenvalue weighted by atomic mass is 10.1. The summed E-state index contributed by atoms with van der Waals surface area (Å²) in [6, 6.07) is 9.75. The van der Waals surface area contributed by atoms with Crippen LogP contribution in [-0.2, 0) is 10.0 Å². The molecule has 0 aliphatic carbocycles. The molecule has 1 aliphatic rings. The molecule has 0 aromatic heterocycles. The maximum absolute atomic E-state index is 13.0. The van der Waals surface area contributed by atoms with Gasteiger partial charge in [-0.25, -0.2) is 12.8 Å². The van der Waals surface area contributed by atoms with Crippen molar-refractivity contribution in [2.45, 2.75) is 24.8 Å². The van der Waals surface area contributed by atoms with E-state index in [1.165, 1.54) is 30.3 Å². The van der Waals surface area contributed by atoms with Crippen LogP contribution in [0, 0.1) is 12.7 Å². The van der Waals surface area contributed by atoms with E-state index in [0.29, 0.717) is 30.8 Å². The number of halogens is 1. The van der Waals surface area contributed by atoms with Crippen LogP contribution in [0.5, 0.6) is 0 Å². The third kappa shape index (κ3) is 4.28. The minimum Gasteiger partial charge on any atom is -0.333 e. The van der Waals surface area contributed by atoms with Crippen molar-refractivity contribution >= 4 is 21.6 Å². The molecule has 6 nitrogen and oxygen atoms in total. The molecule has 1 fully saturated rings. The summed E-state index contributed by atoms with van der Waals surface area (Å²) >= 11 is 0. The number of amides is 1. The Morgan fingerprint density at radius 3 is 2.59 bits per heavy atom. The van der Waals surface area contributed by atoms with E-state index in [1.54, 1.807) is 24.0 Å². The number of sulfonamides is 1. The SMILES string of the molecule is Cc1ccc(C(=O)N2CCNC[C@@H]2C)cc1S(=O)(=O)Nc1ccc(F)cc1. The van der Waals surface area contributed by atoms with Crippen molar-refractivity contribution in [3.05, 3.63) is 59.4 Å². The predicted octanol–water partition coefficient (Wildman–Crippen LogP) is 2.37. The second-order valence-electron chi connectivity index (χ2n) is 6.64. The number of nitrogens with zero attached hydrogens (tertiary/aromatic N) is 1. The molecule has 0 unspecified atom stereocenters. The Labute approximate surface area is 158 Å². The van der Waals surface area contributed by atoms with Gasteiger partial charge in [-0.2, -0.15) is 0 Å². The summed E-state index contributed by atoms with van der Waals surface area (Å²) in [7, 11) is -3.91. The number of nitrogens with one attached hydrogen (secondary N) is 2. The zero-order valence-electron chi connectivity index (χ0n) is 15.2. The van der Waals surface area contributed by atoms with Crippen LogP contribution in [0.2, 0.25) is 0 Å². The Morgan fingerprint density at radius 2 is 1.93 bits per heavy atom. The lowest BCUT2D eigenvalue weighted by Crippen LogP contribution is -2.52. The van der Waals surface area contributed by atoms with Crippen LogP contribution in [0.15, 0.2) is 47.4 Å².